The summed E-state index contributed by atoms with van der Waals surface area (Å²) in [5.74, 6) is 0.420. The number of hydrogen-bond acceptors (Lipinski definition) is 5. The van der Waals surface area contributed by atoms with Gasteiger partial charge in [-0.3, -0.25) is 10.1 Å². The molecule has 0 fully saturated rings. The fraction of sp³-hybridized carbons (Fsp3) is 0.389. The zero-order valence-electron chi connectivity index (χ0n) is 15.5. The second-order valence-electron chi connectivity index (χ2n) is 5.90. The Labute approximate surface area is 164 Å². The Morgan fingerprint density at radius 2 is 1.96 bits per heavy atom. The third-order valence-corrected chi connectivity index (χ3v) is 6.61. The standard InChI is InChI=1S/C18H24ClN3O4S/c1-4-22(5-2)27(24,25)17-11-14(8-9-15(17)19)21-18(23)12-20-13(3)16-7-6-10-26-16/h6-11,13,20H,4-5,12H2,1-3H3,(H,21,23)/t13-/m1/s1. The molecular weight excluding hydrogens is 390 g/mol. The topological polar surface area (TPSA) is 91.7 Å². The zero-order chi connectivity index (χ0) is 20.0. The maximum Gasteiger partial charge on any atom is 0.244 e. The van der Waals surface area contributed by atoms with Crippen molar-refractivity contribution in [2.45, 2.75) is 31.7 Å². The predicted molar refractivity (Wildman–Crippen MR) is 105 cm³/mol. The molecule has 7 nitrogen and oxygen atoms in total. The normalized spacial score (nSPS) is 12.9. The monoisotopic (exact) mass is 413 g/mol. The number of nitrogens with zero attached hydrogens (tertiary/aromatic N) is 1. The molecular formula is C18H24ClN3O4S. The zero-order valence-corrected chi connectivity index (χ0v) is 17.1. The van der Waals surface area contributed by atoms with Crippen LogP contribution in [-0.4, -0.2) is 38.3 Å². The maximum atomic E-state index is 12.7. The number of amides is 1. The minimum Gasteiger partial charge on any atom is -0.468 e. The van der Waals surface area contributed by atoms with Gasteiger partial charge in [-0.15, -0.1) is 0 Å². The molecule has 2 rings (SSSR count). The quantitative estimate of drug-likeness (QED) is 0.658. The molecule has 0 aliphatic rings. The third kappa shape index (κ3) is 5.32. The molecule has 0 spiro atoms. The van der Waals surface area contributed by atoms with Crippen molar-refractivity contribution >= 4 is 33.2 Å². The van der Waals surface area contributed by atoms with Crippen molar-refractivity contribution < 1.29 is 17.6 Å². The number of carbonyl (C=O) groups is 1. The Bertz CT molecular complexity index is 865. The lowest BCUT2D eigenvalue weighted by molar-refractivity contribution is -0.115. The first-order chi connectivity index (χ1) is 12.8. The van der Waals surface area contributed by atoms with Gasteiger partial charge >= 0.3 is 0 Å². The van der Waals surface area contributed by atoms with Crippen LogP contribution in [0.3, 0.4) is 0 Å². The second-order valence-corrected chi connectivity index (χ2v) is 8.21. The van der Waals surface area contributed by atoms with E-state index in [4.69, 9.17) is 16.0 Å². The first-order valence-electron chi connectivity index (χ1n) is 8.65. The molecule has 1 amide bonds. The summed E-state index contributed by atoms with van der Waals surface area (Å²) in [7, 11) is -3.72. The highest BCUT2D eigenvalue weighted by molar-refractivity contribution is 7.89. The lowest BCUT2D eigenvalue weighted by Gasteiger charge is -2.20. The molecule has 0 saturated heterocycles. The van der Waals surface area contributed by atoms with Crippen LogP contribution in [-0.2, 0) is 14.8 Å². The smallest absolute Gasteiger partial charge is 0.244 e. The highest BCUT2D eigenvalue weighted by Crippen LogP contribution is 2.27. The summed E-state index contributed by atoms with van der Waals surface area (Å²) in [6.45, 7) is 6.10. The van der Waals surface area contributed by atoms with Crippen molar-refractivity contribution in [2.75, 3.05) is 25.0 Å². The largest absolute Gasteiger partial charge is 0.468 e. The number of sulfonamides is 1. The molecule has 1 atom stereocenters. The van der Waals surface area contributed by atoms with Gasteiger partial charge < -0.3 is 9.73 Å². The van der Waals surface area contributed by atoms with Gasteiger partial charge in [0, 0.05) is 18.8 Å². The first-order valence-corrected chi connectivity index (χ1v) is 10.5. The summed E-state index contributed by atoms with van der Waals surface area (Å²) in [6, 6.07) is 7.88. The van der Waals surface area contributed by atoms with Gasteiger partial charge in [0.25, 0.3) is 0 Å². The van der Waals surface area contributed by atoms with Gasteiger partial charge in [0.15, 0.2) is 0 Å². The van der Waals surface area contributed by atoms with E-state index >= 15 is 0 Å². The summed E-state index contributed by atoms with van der Waals surface area (Å²) < 4.78 is 32.0. The average molecular weight is 414 g/mol. The van der Waals surface area contributed by atoms with E-state index in [9.17, 15) is 13.2 Å². The highest BCUT2D eigenvalue weighted by atomic mass is 35.5. The highest BCUT2D eigenvalue weighted by Gasteiger charge is 2.25. The minimum absolute atomic E-state index is 0.0254. The molecule has 148 valence electrons. The van der Waals surface area contributed by atoms with Gasteiger partial charge in [-0.25, -0.2) is 8.42 Å². The summed E-state index contributed by atoms with van der Waals surface area (Å²) in [6.07, 6.45) is 1.57. The van der Waals surface area contributed by atoms with Crippen molar-refractivity contribution in [2.24, 2.45) is 0 Å². The van der Waals surface area contributed by atoms with Crippen molar-refractivity contribution in [3.8, 4) is 0 Å². The third-order valence-electron chi connectivity index (χ3n) is 4.08. The Hall–Kier alpha value is -1.87. The summed E-state index contributed by atoms with van der Waals surface area (Å²) in [4.78, 5) is 12.2. The number of halogens is 1. The summed E-state index contributed by atoms with van der Waals surface area (Å²) in [5.41, 5.74) is 0.364. The van der Waals surface area contributed by atoms with Gasteiger partial charge in [-0.1, -0.05) is 25.4 Å². The van der Waals surface area contributed by atoms with Crippen LogP contribution in [0, 0.1) is 0 Å². The number of furan rings is 1. The van der Waals surface area contributed by atoms with Crippen LogP contribution in [0.4, 0.5) is 5.69 Å². The Kier molecular flexibility index (Phi) is 7.43. The van der Waals surface area contributed by atoms with Crippen LogP contribution in [0.25, 0.3) is 0 Å². The molecule has 1 heterocycles. The first kappa shape index (κ1) is 21.4. The summed E-state index contributed by atoms with van der Waals surface area (Å²) in [5, 5.41) is 5.84. The van der Waals surface area contributed by atoms with Crippen LogP contribution >= 0.6 is 11.6 Å². The maximum absolute atomic E-state index is 12.7. The van der Waals surface area contributed by atoms with Gasteiger partial charge in [0.05, 0.1) is 23.9 Å². The van der Waals surface area contributed by atoms with Crippen LogP contribution in [0.2, 0.25) is 5.02 Å². The number of carbonyl (C=O) groups excluding carboxylic acids is 1. The van der Waals surface area contributed by atoms with Crippen LogP contribution in [0.5, 0.6) is 0 Å². The number of hydrogen-bond donors (Lipinski definition) is 2. The lowest BCUT2D eigenvalue weighted by Crippen LogP contribution is -2.31. The average Bonchev–Trinajstić information content (AvgIpc) is 3.16. The molecule has 2 aromatic rings. The van der Waals surface area contributed by atoms with Crippen molar-refractivity contribution in [1.29, 1.82) is 0 Å². The van der Waals surface area contributed by atoms with Gasteiger partial charge in [0.2, 0.25) is 15.9 Å². The van der Waals surface area contributed by atoms with Gasteiger partial charge in [0.1, 0.15) is 10.7 Å². The van der Waals surface area contributed by atoms with E-state index in [1.54, 1.807) is 32.2 Å². The van der Waals surface area contributed by atoms with Gasteiger partial charge in [-0.2, -0.15) is 4.31 Å². The molecule has 1 aromatic carbocycles. The van der Waals surface area contributed by atoms with E-state index in [1.165, 1.54) is 16.4 Å². The minimum atomic E-state index is -3.72. The van der Waals surface area contributed by atoms with E-state index in [0.717, 1.165) is 5.76 Å². The van der Waals surface area contributed by atoms with Crippen LogP contribution in [0.1, 0.15) is 32.6 Å². The molecule has 0 saturated carbocycles. The molecule has 0 aliphatic heterocycles. The molecule has 0 radical (unpaired) electrons. The number of nitrogens with one attached hydrogen (secondary N) is 2. The van der Waals surface area contributed by atoms with Crippen molar-refractivity contribution in [1.82, 2.24) is 9.62 Å². The van der Waals surface area contributed by atoms with Crippen molar-refractivity contribution in [3.63, 3.8) is 0 Å². The Balaban J connectivity index is 2.08. The summed E-state index contributed by atoms with van der Waals surface area (Å²) >= 11 is 6.09. The van der Waals surface area contributed by atoms with Crippen molar-refractivity contribution in [3.05, 3.63) is 47.4 Å². The van der Waals surface area contributed by atoms with E-state index < -0.39 is 10.0 Å². The molecule has 0 aliphatic carbocycles. The Morgan fingerprint density at radius 1 is 1.26 bits per heavy atom. The van der Waals surface area contributed by atoms with E-state index in [-0.39, 0.29) is 28.4 Å². The van der Waals surface area contributed by atoms with Gasteiger partial charge in [-0.05, 0) is 37.3 Å². The fourth-order valence-electron chi connectivity index (χ4n) is 2.57. The number of rotatable bonds is 9. The molecule has 1 aromatic heterocycles. The SMILES string of the molecule is CCN(CC)S(=O)(=O)c1cc(NC(=O)CN[C@H](C)c2ccco2)ccc1Cl. The van der Waals surface area contributed by atoms with E-state index in [1.807, 2.05) is 13.0 Å². The molecule has 0 bridgehead atoms. The number of benzene rings is 1. The second kappa shape index (κ2) is 9.36. The Morgan fingerprint density at radius 3 is 2.56 bits per heavy atom. The lowest BCUT2D eigenvalue weighted by atomic mass is 10.2. The van der Waals surface area contributed by atoms with E-state index in [2.05, 4.69) is 10.6 Å². The number of anilines is 1. The molecule has 2 N–H and O–H groups in total. The van der Waals surface area contributed by atoms with Crippen LogP contribution < -0.4 is 10.6 Å². The van der Waals surface area contributed by atoms with Crippen LogP contribution in [0.15, 0.2) is 45.9 Å². The predicted octanol–water partition coefficient (Wildman–Crippen LogP) is 3.25. The fourth-order valence-corrected chi connectivity index (χ4v) is 4.53. The molecule has 9 heteroatoms. The molecule has 0 unspecified atom stereocenters. The van der Waals surface area contributed by atoms with E-state index in [0.29, 0.717) is 18.8 Å². The molecule has 27 heavy (non-hydrogen) atoms.